The summed E-state index contributed by atoms with van der Waals surface area (Å²) >= 11 is 0. The van der Waals surface area contributed by atoms with Gasteiger partial charge in [0.1, 0.15) is 17.8 Å². The van der Waals surface area contributed by atoms with Crippen LogP contribution >= 0.6 is 0 Å². The highest BCUT2D eigenvalue weighted by atomic mass is 19.1. The molecule has 1 aromatic heterocycles. The third-order valence-electron chi connectivity index (χ3n) is 2.32. The molecule has 3 nitrogen and oxygen atoms in total. The van der Waals surface area contributed by atoms with Gasteiger partial charge in [0, 0.05) is 11.5 Å². The SMILES string of the molecule is CC(C)(C)c1ncn(-c2ccc(F)cc2F)n1. The molecule has 0 fully saturated rings. The van der Waals surface area contributed by atoms with Gasteiger partial charge in [-0.2, -0.15) is 5.10 Å². The van der Waals surface area contributed by atoms with Crippen molar-refractivity contribution in [3.05, 3.63) is 42.0 Å². The molecule has 0 bridgehead atoms. The van der Waals surface area contributed by atoms with E-state index in [2.05, 4.69) is 10.1 Å². The highest BCUT2D eigenvalue weighted by molar-refractivity contribution is 5.32. The van der Waals surface area contributed by atoms with Crippen molar-refractivity contribution in [2.24, 2.45) is 0 Å². The number of hydrogen-bond acceptors (Lipinski definition) is 2. The Morgan fingerprint density at radius 3 is 2.41 bits per heavy atom. The van der Waals surface area contributed by atoms with Crippen molar-refractivity contribution in [2.45, 2.75) is 26.2 Å². The molecule has 0 aliphatic carbocycles. The van der Waals surface area contributed by atoms with Crippen LogP contribution in [0.2, 0.25) is 0 Å². The van der Waals surface area contributed by atoms with Gasteiger partial charge >= 0.3 is 0 Å². The first-order valence-corrected chi connectivity index (χ1v) is 5.25. The number of halogens is 2. The molecule has 5 heteroatoms. The van der Waals surface area contributed by atoms with E-state index in [4.69, 9.17) is 0 Å². The number of benzene rings is 1. The minimum atomic E-state index is -0.657. The van der Waals surface area contributed by atoms with E-state index in [9.17, 15) is 8.78 Å². The molecule has 0 aliphatic heterocycles. The fourth-order valence-electron chi connectivity index (χ4n) is 1.39. The second kappa shape index (κ2) is 3.91. The van der Waals surface area contributed by atoms with Gasteiger partial charge in [-0.15, -0.1) is 0 Å². The fourth-order valence-corrected chi connectivity index (χ4v) is 1.39. The van der Waals surface area contributed by atoms with Gasteiger partial charge in [0.2, 0.25) is 0 Å². The van der Waals surface area contributed by atoms with Gasteiger partial charge in [-0.25, -0.2) is 18.4 Å². The molecular weight excluding hydrogens is 224 g/mol. The molecule has 0 saturated heterocycles. The molecule has 0 amide bonds. The van der Waals surface area contributed by atoms with E-state index in [1.54, 1.807) is 0 Å². The summed E-state index contributed by atoms with van der Waals surface area (Å²) in [5.41, 5.74) is -0.0173. The largest absolute Gasteiger partial charge is 0.219 e. The normalized spacial score (nSPS) is 11.8. The van der Waals surface area contributed by atoms with Crippen molar-refractivity contribution in [2.75, 3.05) is 0 Å². The lowest BCUT2D eigenvalue weighted by atomic mass is 9.96. The van der Waals surface area contributed by atoms with Crippen LogP contribution < -0.4 is 0 Å². The van der Waals surface area contributed by atoms with E-state index in [0.29, 0.717) is 5.82 Å². The van der Waals surface area contributed by atoms with Crippen molar-refractivity contribution in [1.82, 2.24) is 14.8 Å². The van der Waals surface area contributed by atoms with Crippen LogP contribution in [0.15, 0.2) is 24.5 Å². The minimum absolute atomic E-state index is 0.189. The van der Waals surface area contributed by atoms with E-state index in [-0.39, 0.29) is 11.1 Å². The van der Waals surface area contributed by atoms with Gasteiger partial charge in [0.25, 0.3) is 0 Å². The van der Waals surface area contributed by atoms with Crippen molar-refractivity contribution in [3.8, 4) is 5.69 Å². The summed E-state index contributed by atoms with van der Waals surface area (Å²) < 4.78 is 27.6. The Kier molecular flexibility index (Phi) is 2.69. The quantitative estimate of drug-likeness (QED) is 0.763. The molecule has 0 spiro atoms. The zero-order chi connectivity index (χ0) is 12.6. The monoisotopic (exact) mass is 237 g/mol. The third kappa shape index (κ3) is 2.33. The molecule has 2 aromatic rings. The number of hydrogen-bond donors (Lipinski definition) is 0. The molecule has 1 aromatic carbocycles. The summed E-state index contributed by atoms with van der Waals surface area (Å²) in [6.07, 6.45) is 1.43. The minimum Gasteiger partial charge on any atom is -0.219 e. The average Bonchev–Trinajstić information content (AvgIpc) is 2.65. The van der Waals surface area contributed by atoms with Crippen LogP contribution in [0.4, 0.5) is 8.78 Å². The Morgan fingerprint density at radius 2 is 1.88 bits per heavy atom. The summed E-state index contributed by atoms with van der Waals surface area (Å²) in [5.74, 6) is -0.654. The molecular formula is C12H13F2N3. The molecule has 2 rings (SSSR count). The Hall–Kier alpha value is -1.78. The summed E-state index contributed by atoms with van der Waals surface area (Å²) in [4.78, 5) is 4.12. The maximum Gasteiger partial charge on any atom is 0.156 e. The van der Waals surface area contributed by atoms with Crippen LogP contribution in [-0.2, 0) is 5.41 Å². The van der Waals surface area contributed by atoms with E-state index >= 15 is 0 Å². The summed E-state index contributed by atoms with van der Waals surface area (Å²) in [6, 6.07) is 3.36. The molecule has 17 heavy (non-hydrogen) atoms. The number of rotatable bonds is 1. The van der Waals surface area contributed by atoms with E-state index in [0.717, 1.165) is 6.07 Å². The molecule has 0 unspecified atom stereocenters. The maximum absolute atomic E-state index is 13.5. The van der Waals surface area contributed by atoms with Crippen molar-refractivity contribution in [3.63, 3.8) is 0 Å². The summed E-state index contributed by atoms with van der Waals surface area (Å²) in [6.45, 7) is 5.90. The van der Waals surface area contributed by atoms with Crippen LogP contribution in [0, 0.1) is 11.6 Å². The van der Waals surface area contributed by atoms with Gasteiger partial charge < -0.3 is 0 Å². The highest BCUT2D eigenvalue weighted by Crippen LogP contribution is 2.19. The zero-order valence-electron chi connectivity index (χ0n) is 9.91. The third-order valence-corrected chi connectivity index (χ3v) is 2.32. The summed E-state index contributed by atoms with van der Waals surface area (Å²) in [7, 11) is 0. The topological polar surface area (TPSA) is 30.7 Å². The second-order valence-corrected chi connectivity index (χ2v) is 4.86. The van der Waals surface area contributed by atoms with Gasteiger partial charge in [0.05, 0.1) is 0 Å². The van der Waals surface area contributed by atoms with E-state index in [1.807, 2.05) is 20.8 Å². The van der Waals surface area contributed by atoms with Gasteiger partial charge in [-0.05, 0) is 12.1 Å². The number of aromatic nitrogens is 3. The van der Waals surface area contributed by atoms with Crippen molar-refractivity contribution in [1.29, 1.82) is 0 Å². The highest BCUT2D eigenvalue weighted by Gasteiger charge is 2.19. The predicted molar refractivity (Wildman–Crippen MR) is 60.0 cm³/mol. The first-order valence-electron chi connectivity index (χ1n) is 5.25. The maximum atomic E-state index is 13.5. The fraction of sp³-hybridized carbons (Fsp3) is 0.333. The Labute approximate surface area is 98.1 Å². The van der Waals surface area contributed by atoms with E-state index < -0.39 is 11.6 Å². The van der Waals surface area contributed by atoms with Crippen LogP contribution in [0.5, 0.6) is 0 Å². The Balaban J connectivity index is 2.44. The first kappa shape index (κ1) is 11.7. The average molecular weight is 237 g/mol. The van der Waals surface area contributed by atoms with Crippen molar-refractivity contribution < 1.29 is 8.78 Å². The van der Waals surface area contributed by atoms with Crippen LogP contribution in [0.25, 0.3) is 5.69 Å². The molecule has 0 aliphatic rings. The van der Waals surface area contributed by atoms with Crippen LogP contribution in [0.3, 0.4) is 0 Å². The Bertz CT molecular complexity index is 541. The van der Waals surface area contributed by atoms with Crippen molar-refractivity contribution >= 4 is 0 Å². The number of nitrogens with zero attached hydrogens (tertiary/aromatic N) is 3. The van der Waals surface area contributed by atoms with Gasteiger partial charge in [-0.1, -0.05) is 20.8 Å². The lowest BCUT2D eigenvalue weighted by molar-refractivity contribution is 0.538. The van der Waals surface area contributed by atoms with E-state index in [1.165, 1.54) is 23.1 Å². The van der Waals surface area contributed by atoms with Crippen LogP contribution in [0.1, 0.15) is 26.6 Å². The molecule has 1 heterocycles. The summed E-state index contributed by atoms with van der Waals surface area (Å²) in [5, 5.41) is 4.19. The molecule has 0 atom stereocenters. The molecule has 90 valence electrons. The zero-order valence-corrected chi connectivity index (χ0v) is 9.91. The predicted octanol–water partition coefficient (Wildman–Crippen LogP) is 2.84. The van der Waals surface area contributed by atoms with Crippen LogP contribution in [-0.4, -0.2) is 14.8 Å². The molecule has 0 N–H and O–H groups in total. The molecule has 0 saturated carbocycles. The second-order valence-electron chi connectivity index (χ2n) is 4.86. The van der Waals surface area contributed by atoms with Gasteiger partial charge in [-0.3, -0.25) is 0 Å². The smallest absolute Gasteiger partial charge is 0.156 e. The Morgan fingerprint density at radius 1 is 1.18 bits per heavy atom. The standard InChI is InChI=1S/C12H13F2N3/c1-12(2,3)11-15-7-17(16-11)10-5-4-8(13)6-9(10)14/h4-7H,1-3H3. The lowest BCUT2D eigenvalue weighted by Crippen LogP contribution is -2.14. The van der Waals surface area contributed by atoms with Gasteiger partial charge in [0.15, 0.2) is 11.6 Å². The lowest BCUT2D eigenvalue weighted by Gasteiger charge is -2.12. The first-order chi connectivity index (χ1) is 7.88. The molecule has 0 radical (unpaired) electrons.